The van der Waals surface area contributed by atoms with Crippen molar-refractivity contribution in [3.63, 3.8) is 0 Å². The minimum absolute atomic E-state index is 0.0546. The van der Waals surface area contributed by atoms with Gasteiger partial charge in [-0.15, -0.1) is 0 Å². The Hall–Kier alpha value is -3.38. The summed E-state index contributed by atoms with van der Waals surface area (Å²) < 4.78 is 14.4. The molecule has 1 saturated carbocycles. The van der Waals surface area contributed by atoms with Crippen molar-refractivity contribution >= 4 is 35.3 Å². The monoisotopic (exact) mass is 500 g/mol. The third kappa shape index (κ3) is 5.24. The Morgan fingerprint density at radius 3 is 2.53 bits per heavy atom. The van der Waals surface area contributed by atoms with Gasteiger partial charge in [0.2, 0.25) is 0 Å². The zero-order valence-corrected chi connectivity index (χ0v) is 21.1. The van der Waals surface area contributed by atoms with Crippen LogP contribution >= 0.6 is 11.8 Å². The summed E-state index contributed by atoms with van der Waals surface area (Å²) in [6.07, 6.45) is 6.41. The Morgan fingerprint density at radius 2 is 1.75 bits per heavy atom. The molecular weight excluding hydrogens is 471 g/mol. The van der Waals surface area contributed by atoms with E-state index in [1.807, 2.05) is 42.5 Å². The number of anilines is 1. The summed E-state index contributed by atoms with van der Waals surface area (Å²) in [5.74, 6) is -0.0598. The van der Waals surface area contributed by atoms with Gasteiger partial charge in [-0.25, -0.2) is 4.39 Å². The van der Waals surface area contributed by atoms with E-state index in [1.165, 1.54) is 24.2 Å². The number of carbonyl (C=O) groups is 2. The van der Waals surface area contributed by atoms with Crippen molar-refractivity contribution in [3.8, 4) is 0 Å². The standard InChI is InChI=1S/C30H29FN2O2S/c1-20-8-2-5-11-25(20)32-29(34)22-16-14-21(15-17-22)18-28-30(35)33(19-23-9-3-4-10-24(23)31)26-12-6-7-13-27(26)36-28/h3-4,6-7,9-10,12-18,20,25H,2,5,8,11,19H2,1H3,(H,32,34). The van der Waals surface area contributed by atoms with Crippen molar-refractivity contribution in [2.75, 3.05) is 4.90 Å². The number of fused-ring (bicyclic) bond motifs is 1. The Labute approximate surface area is 215 Å². The molecule has 0 aromatic heterocycles. The number of nitrogens with one attached hydrogen (secondary N) is 1. The van der Waals surface area contributed by atoms with E-state index in [1.54, 1.807) is 35.2 Å². The molecular formula is C30H29FN2O2S. The molecule has 5 rings (SSSR count). The first-order chi connectivity index (χ1) is 17.5. The van der Waals surface area contributed by atoms with Crippen LogP contribution in [0, 0.1) is 11.7 Å². The average Bonchev–Trinajstić information content (AvgIpc) is 2.89. The van der Waals surface area contributed by atoms with Gasteiger partial charge in [0, 0.05) is 22.1 Å². The third-order valence-corrected chi connectivity index (χ3v) is 8.09. The van der Waals surface area contributed by atoms with Crippen molar-refractivity contribution in [2.45, 2.75) is 50.1 Å². The number of halogens is 1. The van der Waals surface area contributed by atoms with Gasteiger partial charge in [-0.2, -0.15) is 0 Å². The first kappa shape index (κ1) is 24.3. The highest BCUT2D eigenvalue weighted by molar-refractivity contribution is 8.04. The van der Waals surface area contributed by atoms with Crippen LogP contribution in [0.15, 0.2) is 82.6 Å². The molecule has 0 radical (unpaired) electrons. The van der Waals surface area contributed by atoms with Crippen LogP contribution in [-0.2, 0) is 11.3 Å². The molecule has 1 N–H and O–H groups in total. The van der Waals surface area contributed by atoms with Gasteiger partial charge in [0.1, 0.15) is 5.82 Å². The Morgan fingerprint density at radius 1 is 1.03 bits per heavy atom. The molecule has 2 amide bonds. The maximum absolute atomic E-state index is 14.4. The molecule has 2 atom stereocenters. The number of para-hydroxylation sites is 1. The second kappa shape index (κ2) is 10.7. The highest BCUT2D eigenvalue weighted by atomic mass is 32.2. The van der Waals surface area contributed by atoms with Gasteiger partial charge < -0.3 is 10.2 Å². The van der Waals surface area contributed by atoms with E-state index < -0.39 is 0 Å². The molecule has 6 heteroatoms. The van der Waals surface area contributed by atoms with E-state index in [0.29, 0.717) is 21.9 Å². The summed E-state index contributed by atoms with van der Waals surface area (Å²) in [4.78, 5) is 29.4. The normalized spacial score (nSPS) is 20.8. The molecule has 36 heavy (non-hydrogen) atoms. The molecule has 3 aromatic rings. The lowest BCUT2D eigenvalue weighted by atomic mass is 9.86. The second-order valence-electron chi connectivity index (χ2n) is 9.52. The highest BCUT2D eigenvalue weighted by Gasteiger charge is 2.29. The zero-order chi connectivity index (χ0) is 25.1. The largest absolute Gasteiger partial charge is 0.349 e. The lowest BCUT2D eigenvalue weighted by Crippen LogP contribution is -2.41. The van der Waals surface area contributed by atoms with Crippen LogP contribution in [0.25, 0.3) is 6.08 Å². The maximum Gasteiger partial charge on any atom is 0.265 e. The molecule has 2 aliphatic rings. The molecule has 3 aromatic carbocycles. The van der Waals surface area contributed by atoms with Crippen molar-refractivity contribution in [3.05, 3.63) is 100 Å². The van der Waals surface area contributed by atoms with Gasteiger partial charge in [-0.1, -0.05) is 74.0 Å². The van der Waals surface area contributed by atoms with E-state index >= 15 is 0 Å². The summed E-state index contributed by atoms with van der Waals surface area (Å²) >= 11 is 1.41. The first-order valence-corrected chi connectivity index (χ1v) is 13.3. The summed E-state index contributed by atoms with van der Waals surface area (Å²) in [6.45, 7) is 2.35. The Kier molecular flexibility index (Phi) is 7.23. The van der Waals surface area contributed by atoms with Gasteiger partial charge >= 0.3 is 0 Å². The average molecular weight is 501 g/mol. The quantitative estimate of drug-likeness (QED) is 0.391. The molecule has 4 nitrogen and oxygen atoms in total. The minimum Gasteiger partial charge on any atom is -0.349 e. The summed E-state index contributed by atoms with van der Waals surface area (Å²) in [7, 11) is 0. The van der Waals surface area contributed by atoms with Crippen LogP contribution in [0.1, 0.15) is 54.1 Å². The Bertz CT molecular complexity index is 1300. The lowest BCUT2D eigenvalue weighted by molar-refractivity contribution is -0.114. The number of thioether (sulfide) groups is 1. The molecule has 184 valence electrons. The van der Waals surface area contributed by atoms with Crippen LogP contribution in [0.4, 0.5) is 10.1 Å². The fourth-order valence-electron chi connectivity index (χ4n) is 4.88. The van der Waals surface area contributed by atoms with E-state index in [4.69, 9.17) is 0 Å². The second-order valence-corrected chi connectivity index (χ2v) is 10.6. The topological polar surface area (TPSA) is 49.4 Å². The predicted molar refractivity (Wildman–Crippen MR) is 143 cm³/mol. The third-order valence-electron chi connectivity index (χ3n) is 7.02. The summed E-state index contributed by atoms with van der Waals surface area (Å²) in [5.41, 5.74) is 2.69. The van der Waals surface area contributed by atoms with Crippen LogP contribution in [0.5, 0.6) is 0 Å². The lowest BCUT2D eigenvalue weighted by Gasteiger charge is -2.30. The first-order valence-electron chi connectivity index (χ1n) is 12.4. The molecule has 1 fully saturated rings. The van der Waals surface area contributed by atoms with E-state index in [9.17, 15) is 14.0 Å². The molecule has 2 unspecified atom stereocenters. The number of rotatable bonds is 5. The van der Waals surface area contributed by atoms with Crippen molar-refractivity contribution in [1.29, 1.82) is 0 Å². The molecule has 0 bridgehead atoms. The van der Waals surface area contributed by atoms with E-state index in [0.717, 1.165) is 35.4 Å². The highest BCUT2D eigenvalue weighted by Crippen LogP contribution is 2.42. The smallest absolute Gasteiger partial charge is 0.265 e. The number of nitrogens with zero attached hydrogens (tertiary/aromatic N) is 1. The van der Waals surface area contributed by atoms with E-state index in [2.05, 4.69) is 12.2 Å². The van der Waals surface area contributed by atoms with Crippen molar-refractivity contribution < 1.29 is 14.0 Å². The van der Waals surface area contributed by atoms with Gasteiger partial charge in [0.05, 0.1) is 17.1 Å². The molecule has 1 aliphatic heterocycles. The van der Waals surface area contributed by atoms with Crippen LogP contribution < -0.4 is 10.2 Å². The fraction of sp³-hybridized carbons (Fsp3) is 0.267. The summed E-state index contributed by atoms with van der Waals surface area (Å²) in [5, 5.41) is 3.19. The SMILES string of the molecule is CC1CCCCC1NC(=O)c1ccc(C=C2Sc3ccccc3N(Cc3ccccc3F)C2=O)cc1. The van der Waals surface area contributed by atoms with Gasteiger partial charge in [-0.3, -0.25) is 9.59 Å². The van der Waals surface area contributed by atoms with E-state index in [-0.39, 0.29) is 30.2 Å². The molecule has 0 spiro atoms. The number of hydrogen-bond donors (Lipinski definition) is 1. The number of amides is 2. The van der Waals surface area contributed by atoms with Gasteiger partial charge in [0.25, 0.3) is 11.8 Å². The van der Waals surface area contributed by atoms with Crippen LogP contribution in [-0.4, -0.2) is 17.9 Å². The van der Waals surface area contributed by atoms with Gasteiger partial charge in [-0.05, 0) is 60.7 Å². The summed E-state index contributed by atoms with van der Waals surface area (Å²) in [6, 6.07) is 21.8. The molecule has 0 saturated heterocycles. The maximum atomic E-state index is 14.4. The zero-order valence-electron chi connectivity index (χ0n) is 20.2. The Balaban J connectivity index is 1.36. The van der Waals surface area contributed by atoms with Gasteiger partial charge in [0.15, 0.2) is 0 Å². The number of carbonyl (C=O) groups excluding carboxylic acids is 2. The minimum atomic E-state index is -0.331. The van der Waals surface area contributed by atoms with Crippen molar-refractivity contribution in [1.82, 2.24) is 5.32 Å². The molecule has 1 heterocycles. The predicted octanol–water partition coefficient (Wildman–Crippen LogP) is 6.81. The number of hydrogen-bond acceptors (Lipinski definition) is 3. The van der Waals surface area contributed by atoms with Crippen molar-refractivity contribution in [2.24, 2.45) is 5.92 Å². The van der Waals surface area contributed by atoms with Crippen LogP contribution in [0.2, 0.25) is 0 Å². The molecule has 1 aliphatic carbocycles. The van der Waals surface area contributed by atoms with Crippen LogP contribution in [0.3, 0.4) is 0 Å². The number of benzene rings is 3. The fourth-order valence-corrected chi connectivity index (χ4v) is 5.94.